The van der Waals surface area contributed by atoms with Crippen LogP contribution in [-0.4, -0.2) is 23.6 Å². The van der Waals surface area contributed by atoms with Crippen molar-refractivity contribution in [2.45, 2.75) is 27.4 Å². The molecule has 0 spiro atoms. The van der Waals surface area contributed by atoms with Crippen molar-refractivity contribution in [2.24, 2.45) is 0 Å². The summed E-state index contributed by atoms with van der Waals surface area (Å²) in [5.74, 6) is -0.980. The first-order chi connectivity index (χ1) is 13.3. The van der Waals surface area contributed by atoms with E-state index in [-0.39, 0.29) is 10.7 Å². The molecule has 6 nitrogen and oxygen atoms in total. The highest BCUT2D eigenvalue weighted by Gasteiger charge is 2.15. The average Bonchev–Trinajstić information content (AvgIpc) is 2.60. The third-order valence-corrected chi connectivity index (χ3v) is 3.93. The maximum Gasteiger partial charge on any atom is 0.352 e. The first kappa shape index (κ1) is 21.3. The Labute approximate surface area is 168 Å². The topological polar surface area (TPSA) is 84.9 Å². The predicted molar refractivity (Wildman–Crippen MR) is 108 cm³/mol. The van der Waals surface area contributed by atoms with Gasteiger partial charge in [0.15, 0.2) is 11.5 Å². The van der Waals surface area contributed by atoms with E-state index in [1.165, 1.54) is 13.0 Å². The predicted octanol–water partition coefficient (Wildman–Crippen LogP) is 4.19. The van der Waals surface area contributed by atoms with Crippen molar-refractivity contribution in [1.29, 1.82) is 0 Å². The van der Waals surface area contributed by atoms with Crippen LogP contribution in [-0.2, 0) is 16.2 Å². The number of halogens is 1. The van der Waals surface area contributed by atoms with Crippen molar-refractivity contribution < 1.29 is 24.2 Å². The quantitative estimate of drug-likeness (QED) is 0.645. The van der Waals surface area contributed by atoms with Crippen molar-refractivity contribution in [1.82, 2.24) is 5.32 Å². The van der Waals surface area contributed by atoms with E-state index in [0.717, 1.165) is 11.1 Å². The molecular formula is C21H22ClNO5. The summed E-state index contributed by atoms with van der Waals surface area (Å²) in [6.45, 7) is 5.74. The Morgan fingerprint density at radius 3 is 2.57 bits per heavy atom. The highest BCUT2D eigenvalue weighted by molar-refractivity contribution is 6.32. The standard InChI is InChI=1S/C21H22ClNO5/c1-4-27-19-11-16(10-18(21(25)26)23-14(3)24)9-17(22)20(19)28-12-15-7-5-6-13(2)8-15/h5-11H,4,12H2,1-3H3,(H,23,24)(H,25,26). The van der Waals surface area contributed by atoms with Crippen LogP contribution < -0.4 is 14.8 Å². The number of benzene rings is 2. The van der Waals surface area contributed by atoms with Crippen molar-refractivity contribution in [3.8, 4) is 11.5 Å². The molecule has 0 aromatic heterocycles. The third kappa shape index (κ3) is 6.03. The van der Waals surface area contributed by atoms with Gasteiger partial charge in [-0.05, 0) is 43.2 Å². The van der Waals surface area contributed by atoms with Gasteiger partial charge in [0, 0.05) is 6.92 Å². The Morgan fingerprint density at radius 2 is 1.96 bits per heavy atom. The summed E-state index contributed by atoms with van der Waals surface area (Å²) < 4.78 is 11.5. The number of hydrogen-bond donors (Lipinski definition) is 2. The van der Waals surface area contributed by atoms with E-state index < -0.39 is 11.9 Å². The van der Waals surface area contributed by atoms with E-state index >= 15 is 0 Å². The van der Waals surface area contributed by atoms with Crippen LogP contribution in [0, 0.1) is 6.92 Å². The van der Waals surface area contributed by atoms with Gasteiger partial charge in [0.25, 0.3) is 0 Å². The maximum atomic E-state index is 11.3. The summed E-state index contributed by atoms with van der Waals surface area (Å²) in [5, 5.41) is 11.8. The van der Waals surface area contributed by atoms with Crippen LogP contribution in [0.15, 0.2) is 42.1 Å². The molecule has 2 aromatic carbocycles. The molecule has 1 amide bonds. The molecule has 0 atom stereocenters. The second-order valence-electron chi connectivity index (χ2n) is 6.09. The van der Waals surface area contributed by atoms with Crippen LogP contribution in [0.3, 0.4) is 0 Å². The zero-order chi connectivity index (χ0) is 20.7. The number of aryl methyl sites for hydroxylation is 1. The molecule has 148 valence electrons. The molecule has 0 saturated heterocycles. The van der Waals surface area contributed by atoms with E-state index in [9.17, 15) is 14.7 Å². The summed E-state index contributed by atoms with van der Waals surface area (Å²) in [6, 6.07) is 11.1. The molecule has 0 aliphatic carbocycles. The van der Waals surface area contributed by atoms with Crippen LogP contribution in [0.4, 0.5) is 0 Å². The normalized spacial score (nSPS) is 11.1. The Balaban J connectivity index is 2.34. The minimum absolute atomic E-state index is 0.264. The Kier molecular flexibility index (Phi) is 7.46. The fourth-order valence-electron chi connectivity index (χ4n) is 2.54. The number of hydrogen-bond acceptors (Lipinski definition) is 4. The molecule has 0 aliphatic rings. The number of ether oxygens (including phenoxy) is 2. The minimum Gasteiger partial charge on any atom is -0.490 e. The smallest absolute Gasteiger partial charge is 0.352 e. The molecule has 0 unspecified atom stereocenters. The molecule has 0 aliphatic heterocycles. The number of carboxylic acids is 1. The van der Waals surface area contributed by atoms with Gasteiger partial charge in [-0.1, -0.05) is 41.4 Å². The minimum atomic E-state index is -1.26. The Hall–Kier alpha value is -2.99. The van der Waals surface area contributed by atoms with Gasteiger partial charge in [-0.25, -0.2) is 4.79 Å². The average molecular weight is 404 g/mol. The number of carboxylic acid groups (broad SMARTS) is 1. The lowest BCUT2D eigenvalue weighted by Crippen LogP contribution is -2.24. The van der Waals surface area contributed by atoms with E-state index in [2.05, 4.69) is 5.32 Å². The lowest BCUT2D eigenvalue weighted by Gasteiger charge is -2.15. The van der Waals surface area contributed by atoms with E-state index in [4.69, 9.17) is 21.1 Å². The number of aliphatic carboxylic acids is 1. The van der Waals surface area contributed by atoms with Gasteiger partial charge in [-0.2, -0.15) is 0 Å². The highest BCUT2D eigenvalue weighted by atomic mass is 35.5. The zero-order valence-electron chi connectivity index (χ0n) is 15.9. The molecule has 0 fully saturated rings. The molecular weight excluding hydrogens is 382 g/mol. The van der Waals surface area contributed by atoms with Gasteiger partial charge in [-0.3, -0.25) is 4.79 Å². The van der Waals surface area contributed by atoms with Gasteiger partial charge < -0.3 is 19.9 Å². The van der Waals surface area contributed by atoms with Crippen LogP contribution in [0.5, 0.6) is 11.5 Å². The molecule has 0 radical (unpaired) electrons. The van der Waals surface area contributed by atoms with Gasteiger partial charge in [0.2, 0.25) is 5.91 Å². The zero-order valence-corrected chi connectivity index (χ0v) is 16.7. The second-order valence-corrected chi connectivity index (χ2v) is 6.49. The molecule has 0 saturated carbocycles. The van der Waals surface area contributed by atoms with Crippen LogP contribution in [0.1, 0.15) is 30.5 Å². The number of carbonyl (C=O) groups excluding carboxylic acids is 1. The monoisotopic (exact) mass is 403 g/mol. The first-order valence-corrected chi connectivity index (χ1v) is 9.05. The third-order valence-electron chi connectivity index (χ3n) is 3.65. The van der Waals surface area contributed by atoms with Gasteiger partial charge in [0.1, 0.15) is 12.3 Å². The van der Waals surface area contributed by atoms with E-state index in [0.29, 0.717) is 30.3 Å². The summed E-state index contributed by atoms with van der Waals surface area (Å²) in [4.78, 5) is 22.5. The van der Waals surface area contributed by atoms with E-state index in [1.54, 1.807) is 12.1 Å². The highest BCUT2D eigenvalue weighted by Crippen LogP contribution is 2.37. The lowest BCUT2D eigenvalue weighted by molar-refractivity contribution is -0.134. The van der Waals surface area contributed by atoms with Crippen LogP contribution in [0.2, 0.25) is 5.02 Å². The van der Waals surface area contributed by atoms with Crippen molar-refractivity contribution in [2.75, 3.05) is 6.61 Å². The summed E-state index contributed by atoms with van der Waals surface area (Å²) in [6.07, 6.45) is 1.31. The fraction of sp³-hybridized carbons (Fsp3) is 0.238. The van der Waals surface area contributed by atoms with Gasteiger partial charge >= 0.3 is 5.97 Å². The SMILES string of the molecule is CCOc1cc(C=C(NC(C)=O)C(=O)O)cc(Cl)c1OCc1cccc(C)c1. The van der Waals surface area contributed by atoms with Crippen LogP contribution >= 0.6 is 11.6 Å². The van der Waals surface area contributed by atoms with Crippen molar-refractivity contribution in [3.05, 3.63) is 63.8 Å². The van der Waals surface area contributed by atoms with Gasteiger partial charge in [0.05, 0.1) is 11.6 Å². The molecule has 0 heterocycles. The number of amides is 1. The molecule has 2 rings (SSSR count). The number of rotatable bonds is 8. The van der Waals surface area contributed by atoms with Crippen molar-refractivity contribution >= 4 is 29.6 Å². The summed E-state index contributed by atoms with van der Waals surface area (Å²) in [5.41, 5.74) is 2.31. The van der Waals surface area contributed by atoms with Crippen molar-refractivity contribution in [3.63, 3.8) is 0 Å². The van der Waals surface area contributed by atoms with Gasteiger partial charge in [-0.15, -0.1) is 0 Å². The van der Waals surface area contributed by atoms with E-state index in [1.807, 2.05) is 38.1 Å². The molecule has 2 aromatic rings. The Morgan fingerprint density at radius 1 is 1.21 bits per heavy atom. The molecule has 2 N–H and O–H groups in total. The number of nitrogens with one attached hydrogen (secondary N) is 1. The first-order valence-electron chi connectivity index (χ1n) is 8.67. The summed E-state index contributed by atoms with van der Waals surface area (Å²) in [7, 11) is 0. The second kappa shape index (κ2) is 9.80. The lowest BCUT2D eigenvalue weighted by atomic mass is 10.1. The molecule has 0 bridgehead atoms. The number of carbonyl (C=O) groups is 2. The maximum absolute atomic E-state index is 11.3. The largest absolute Gasteiger partial charge is 0.490 e. The van der Waals surface area contributed by atoms with Crippen LogP contribution in [0.25, 0.3) is 6.08 Å². The summed E-state index contributed by atoms with van der Waals surface area (Å²) >= 11 is 6.37. The Bertz CT molecular complexity index is 908. The molecule has 7 heteroatoms. The fourth-order valence-corrected chi connectivity index (χ4v) is 2.81. The molecule has 28 heavy (non-hydrogen) atoms.